The largest absolute Gasteiger partial charge is 0.474 e. The Labute approximate surface area is 178 Å². The van der Waals surface area contributed by atoms with E-state index in [4.69, 9.17) is 4.74 Å². The van der Waals surface area contributed by atoms with E-state index in [1.165, 1.54) is 17.3 Å². The number of benzene rings is 1. The van der Waals surface area contributed by atoms with E-state index >= 15 is 0 Å². The minimum atomic E-state index is -4.63. The van der Waals surface area contributed by atoms with Gasteiger partial charge in [-0.3, -0.25) is 4.79 Å². The maximum absolute atomic E-state index is 14.5. The van der Waals surface area contributed by atoms with E-state index in [1.807, 2.05) is 0 Å². The minimum Gasteiger partial charge on any atom is -0.474 e. The van der Waals surface area contributed by atoms with E-state index in [0.29, 0.717) is 6.20 Å². The summed E-state index contributed by atoms with van der Waals surface area (Å²) < 4.78 is 71.3. The summed E-state index contributed by atoms with van der Waals surface area (Å²) in [5, 5.41) is 7.54. The second-order valence-corrected chi connectivity index (χ2v) is 6.56. The van der Waals surface area contributed by atoms with Gasteiger partial charge < -0.3 is 9.64 Å². The Hall–Kier alpha value is -3.64. The first-order chi connectivity index (χ1) is 15.1. The van der Waals surface area contributed by atoms with Crippen LogP contribution in [0.25, 0.3) is 5.69 Å². The van der Waals surface area contributed by atoms with Crippen LogP contribution >= 0.6 is 0 Å². The van der Waals surface area contributed by atoms with Crippen LogP contribution in [0.5, 0.6) is 5.88 Å². The first-order valence-corrected chi connectivity index (χ1v) is 9.31. The smallest absolute Gasteiger partial charge is 0.434 e. The summed E-state index contributed by atoms with van der Waals surface area (Å²) in [6, 6.07) is 1.34. The van der Waals surface area contributed by atoms with Crippen LogP contribution in [-0.2, 0) is 6.18 Å². The molecule has 0 radical (unpaired) electrons. The summed E-state index contributed by atoms with van der Waals surface area (Å²) in [6.07, 6.45) is -0.775. The molecular weight excluding hydrogens is 439 g/mol. The lowest BCUT2D eigenvalue weighted by Crippen LogP contribution is -2.42. The summed E-state index contributed by atoms with van der Waals surface area (Å²) in [5.74, 6) is -3.27. The molecule has 1 atom stereocenters. The number of likely N-dealkylation sites (N-methyl/N-ethyl adjacent to an activating group) is 1. The number of aromatic nitrogens is 5. The van der Waals surface area contributed by atoms with Gasteiger partial charge in [-0.1, -0.05) is 0 Å². The first-order valence-electron chi connectivity index (χ1n) is 9.31. The number of amides is 1. The van der Waals surface area contributed by atoms with Crippen LogP contribution < -0.4 is 4.74 Å². The third-order valence-electron chi connectivity index (χ3n) is 4.44. The van der Waals surface area contributed by atoms with Crippen LogP contribution in [0, 0.1) is 11.6 Å². The molecule has 2 aromatic heterocycles. The molecule has 0 unspecified atom stereocenters. The summed E-state index contributed by atoms with van der Waals surface area (Å²) >= 11 is 0. The topological polar surface area (TPSA) is 86.0 Å². The third-order valence-corrected chi connectivity index (χ3v) is 4.44. The van der Waals surface area contributed by atoms with E-state index in [1.54, 1.807) is 13.8 Å². The van der Waals surface area contributed by atoms with Gasteiger partial charge in [0.15, 0.2) is 17.3 Å². The molecule has 13 heteroatoms. The molecule has 1 aromatic carbocycles. The van der Waals surface area contributed by atoms with Crippen LogP contribution in [-0.4, -0.2) is 55.0 Å². The van der Waals surface area contributed by atoms with Gasteiger partial charge in [-0.2, -0.15) is 23.4 Å². The predicted molar refractivity (Wildman–Crippen MR) is 100.0 cm³/mol. The molecule has 0 fully saturated rings. The highest BCUT2D eigenvalue weighted by Gasteiger charge is 2.33. The molecule has 32 heavy (non-hydrogen) atoms. The molecule has 0 saturated carbocycles. The second-order valence-electron chi connectivity index (χ2n) is 6.56. The van der Waals surface area contributed by atoms with Gasteiger partial charge in [-0.25, -0.2) is 18.7 Å². The van der Waals surface area contributed by atoms with Gasteiger partial charge >= 0.3 is 6.18 Å². The molecule has 3 rings (SSSR count). The molecule has 1 amide bonds. The van der Waals surface area contributed by atoms with Crippen LogP contribution in [0.1, 0.15) is 29.9 Å². The molecule has 170 valence electrons. The number of alkyl halides is 3. The van der Waals surface area contributed by atoms with E-state index in [9.17, 15) is 26.7 Å². The normalized spacial score (nSPS) is 12.5. The Kier molecular flexibility index (Phi) is 6.65. The molecule has 2 heterocycles. The number of hydrogen-bond acceptors (Lipinski definition) is 6. The van der Waals surface area contributed by atoms with Crippen molar-refractivity contribution in [2.24, 2.45) is 0 Å². The summed E-state index contributed by atoms with van der Waals surface area (Å²) in [5.41, 5.74) is -1.79. The molecule has 0 saturated heterocycles. The Morgan fingerprint density at radius 1 is 1.16 bits per heavy atom. The van der Waals surface area contributed by atoms with Crippen molar-refractivity contribution in [1.29, 1.82) is 0 Å². The summed E-state index contributed by atoms with van der Waals surface area (Å²) in [4.78, 5) is 22.0. The quantitative estimate of drug-likeness (QED) is 0.508. The fraction of sp³-hybridized carbons (Fsp3) is 0.316. The van der Waals surface area contributed by atoms with Crippen molar-refractivity contribution in [3.63, 3.8) is 0 Å². The van der Waals surface area contributed by atoms with Crippen LogP contribution in [0.15, 0.2) is 36.9 Å². The van der Waals surface area contributed by atoms with Crippen molar-refractivity contribution in [2.45, 2.75) is 26.1 Å². The molecule has 0 bridgehead atoms. The highest BCUT2D eigenvalue weighted by molar-refractivity contribution is 5.98. The number of hydrogen-bond donors (Lipinski definition) is 0. The van der Waals surface area contributed by atoms with Gasteiger partial charge in [0.1, 0.15) is 12.3 Å². The van der Waals surface area contributed by atoms with Crippen molar-refractivity contribution < 1.29 is 31.5 Å². The summed E-state index contributed by atoms with van der Waals surface area (Å²) in [7, 11) is 0. The highest BCUT2D eigenvalue weighted by Crippen LogP contribution is 2.27. The number of carbonyl (C=O) groups is 1. The number of ether oxygens (including phenoxy) is 1. The fourth-order valence-electron chi connectivity index (χ4n) is 2.88. The van der Waals surface area contributed by atoms with E-state index in [0.717, 1.165) is 23.1 Å². The van der Waals surface area contributed by atoms with Gasteiger partial charge in [0.2, 0.25) is 5.88 Å². The molecule has 0 spiro atoms. The SMILES string of the molecule is CCN(C(=O)c1ccc(F)c(F)c1-n1nccn1)[C@@H](C)COc1cnc(C(F)(F)F)cn1. The van der Waals surface area contributed by atoms with Gasteiger partial charge in [-0.15, -0.1) is 4.80 Å². The Morgan fingerprint density at radius 3 is 2.41 bits per heavy atom. The van der Waals surface area contributed by atoms with E-state index in [2.05, 4.69) is 20.2 Å². The molecule has 8 nitrogen and oxygen atoms in total. The van der Waals surface area contributed by atoms with Crippen molar-refractivity contribution in [3.8, 4) is 11.6 Å². The maximum atomic E-state index is 14.5. The van der Waals surface area contributed by atoms with Crippen LogP contribution in [0.3, 0.4) is 0 Å². The Morgan fingerprint density at radius 2 is 1.84 bits per heavy atom. The molecule has 0 aliphatic carbocycles. The van der Waals surface area contributed by atoms with E-state index < -0.39 is 41.1 Å². The van der Waals surface area contributed by atoms with Crippen molar-refractivity contribution in [3.05, 3.63) is 59.8 Å². The number of halogens is 5. The third kappa shape index (κ3) is 4.81. The number of nitrogens with zero attached hydrogens (tertiary/aromatic N) is 6. The van der Waals surface area contributed by atoms with Gasteiger partial charge in [0.25, 0.3) is 5.91 Å². The lowest BCUT2D eigenvalue weighted by atomic mass is 10.1. The zero-order valence-corrected chi connectivity index (χ0v) is 16.8. The van der Waals surface area contributed by atoms with Crippen LogP contribution in [0.2, 0.25) is 0 Å². The predicted octanol–water partition coefficient (Wildman–Crippen LogP) is 3.28. The van der Waals surface area contributed by atoms with Crippen LogP contribution in [0.4, 0.5) is 22.0 Å². The zero-order chi connectivity index (χ0) is 23.5. The monoisotopic (exact) mass is 456 g/mol. The molecule has 3 aromatic rings. The zero-order valence-electron chi connectivity index (χ0n) is 16.8. The standard InChI is InChI=1S/C19H17F5N6O2/c1-3-29(11(2)10-32-15-9-25-14(8-26-15)19(22,23)24)18(31)12-4-5-13(20)16(21)17(12)30-27-6-7-28-30/h4-9,11H,3,10H2,1-2H3/t11-/m0/s1. The van der Waals surface area contributed by atoms with Crippen molar-refractivity contribution in [1.82, 2.24) is 29.9 Å². The maximum Gasteiger partial charge on any atom is 0.434 e. The fourth-order valence-corrected chi connectivity index (χ4v) is 2.88. The summed E-state index contributed by atoms with van der Waals surface area (Å²) in [6.45, 7) is 3.31. The minimum absolute atomic E-state index is 0.140. The van der Waals surface area contributed by atoms with Gasteiger partial charge in [0.05, 0.1) is 36.4 Å². The number of rotatable bonds is 7. The van der Waals surface area contributed by atoms with E-state index in [-0.39, 0.29) is 24.6 Å². The molecule has 0 aliphatic rings. The molecular formula is C19H17F5N6O2. The van der Waals surface area contributed by atoms with Crippen molar-refractivity contribution in [2.75, 3.05) is 13.2 Å². The average molecular weight is 456 g/mol. The van der Waals surface area contributed by atoms with Gasteiger partial charge in [-0.05, 0) is 26.0 Å². The first kappa shape index (κ1) is 23.0. The second kappa shape index (κ2) is 9.24. The van der Waals surface area contributed by atoms with Gasteiger partial charge in [0, 0.05) is 6.54 Å². The molecule has 0 aliphatic heterocycles. The Bertz CT molecular complexity index is 1070. The number of carbonyl (C=O) groups excluding carboxylic acids is 1. The highest BCUT2D eigenvalue weighted by atomic mass is 19.4. The Balaban J connectivity index is 1.78. The average Bonchev–Trinajstić information content (AvgIpc) is 3.28. The lowest BCUT2D eigenvalue weighted by molar-refractivity contribution is -0.141. The van der Waals surface area contributed by atoms with Crippen molar-refractivity contribution >= 4 is 5.91 Å². The lowest BCUT2D eigenvalue weighted by Gasteiger charge is -2.28. The molecule has 0 N–H and O–H groups in total.